The number of carboxylic acids is 1. The number of aliphatic carboxylic acids is 1. The van der Waals surface area contributed by atoms with Crippen LogP contribution in [0.25, 0.3) is 0 Å². The summed E-state index contributed by atoms with van der Waals surface area (Å²) in [4.78, 5) is 61.8. The van der Waals surface area contributed by atoms with Crippen molar-refractivity contribution >= 4 is 29.6 Å². The second-order valence-electron chi connectivity index (χ2n) is 8.84. The molecule has 4 amide bonds. The largest absolute Gasteiger partial charge is 0.480 e. The molecule has 2 aromatic rings. The van der Waals surface area contributed by atoms with E-state index >= 15 is 0 Å². The molecule has 0 heterocycles. The Morgan fingerprint density at radius 2 is 1.13 bits per heavy atom. The molecule has 2 rings (SSSR count). The summed E-state index contributed by atoms with van der Waals surface area (Å²) < 4.78 is 0. The van der Waals surface area contributed by atoms with Crippen molar-refractivity contribution in [3.63, 3.8) is 0 Å². The Hall–Kier alpha value is -4.29. The molecule has 2 aromatic carbocycles. The SMILES string of the molecule is CC(O)C(N)C(=O)NC(Cc1ccccc1)C(=O)NC(Cc1ccccc1)C(=O)NC(CC(N)=O)C(=O)O. The summed E-state index contributed by atoms with van der Waals surface area (Å²) in [5.41, 5.74) is 12.2. The van der Waals surface area contributed by atoms with Gasteiger partial charge in [0, 0.05) is 12.8 Å². The standard InChI is InChI=1S/C26H33N5O7/c1-15(32)22(28)25(36)30-19(13-17-10-6-3-7-11-17)23(34)29-18(12-16-8-4-2-5-9-16)24(35)31-20(26(37)38)14-21(27)33/h2-11,15,18-20,22,32H,12-14,28H2,1H3,(H2,27,33)(H,29,34)(H,30,36)(H,31,35)(H,37,38). The first-order valence-electron chi connectivity index (χ1n) is 11.9. The third kappa shape index (κ3) is 9.64. The van der Waals surface area contributed by atoms with Gasteiger partial charge in [-0.15, -0.1) is 0 Å². The normalized spacial score (nSPS) is 14.7. The molecule has 0 aliphatic rings. The Kier molecular flexibility index (Phi) is 11.4. The number of nitrogens with one attached hydrogen (secondary N) is 3. The zero-order valence-corrected chi connectivity index (χ0v) is 20.9. The molecular weight excluding hydrogens is 494 g/mol. The smallest absolute Gasteiger partial charge is 0.326 e. The molecule has 0 aliphatic heterocycles. The summed E-state index contributed by atoms with van der Waals surface area (Å²) in [6, 6.07) is 12.1. The maximum absolute atomic E-state index is 13.4. The van der Waals surface area contributed by atoms with Gasteiger partial charge in [0.2, 0.25) is 23.6 Å². The maximum atomic E-state index is 13.4. The van der Waals surface area contributed by atoms with Crippen LogP contribution in [-0.2, 0) is 36.8 Å². The zero-order chi connectivity index (χ0) is 28.2. The first-order chi connectivity index (χ1) is 18.0. The minimum absolute atomic E-state index is 0.0134. The van der Waals surface area contributed by atoms with Crippen LogP contribution in [0.5, 0.6) is 0 Å². The predicted molar refractivity (Wildman–Crippen MR) is 137 cm³/mol. The second-order valence-corrected chi connectivity index (χ2v) is 8.84. The molecule has 12 nitrogen and oxygen atoms in total. The van der Waals surface area contributed by atoms with E-state index < -0.39 is 66.3 Å². The van der Waals surface area contributed by atoms with E-state index in [0.29, 0.717) is 11.1 Å². The number of carbonyl (C=O) groups is 5. The Labute approximate surface area is 219 Å². The summed E-state index contributed by atoms with van der Waals surface area (Å²) in [6.45, 7) is 1.34. The highest BCUT2D eigenvalue weighted by molar-refractivity contribution is 5.95. The topological polar surface area (TPSA) is 214 Å². The fourth-order valence-corrected chi connectivity index (χ4v) is 3.55. The number of amides is 4. The molecule has 0 aromatic heterocycles. The fraction of sp³-hybridized carbons (Fsp3) is 0.346. The Morgan fingerprint density at radius 3 is 1.50 bits per heavy atom. The van der Waals surface area contributed by atoms with Crippen molar-refractivity contribution in [2.24, 2.45) is 11.5 Å². The maximum Gasteiger partial charge on any atom is 0.326 e. The summed E-state index contributed by atoms with van der Waals surface area (Å²) in [6.07, 6.45) is -1.79. The van der Waals surface area contributed by atoms with Crippen LogP contribution in [0.15, 0.2) is 60.7 Å². The number of benzene rings is 2. The molecule has 0 saturated carbocycles. The molecule has 12 heteroatoms. The lowest BCUT2D eigenvalue weighted by atomic mass is 10.0. The molecule has 0 saturated heterocycles. The van der Waals surface area contributed by atoms with Crippen molar-refractivity contribution < 1.29 is 34.2 Å². The van der Waals surface area contributed by atoms with Gasteiger partial charge in [0.05, 0.1) is 12.5 Å². The van der Waals surface area contributed by atoms with Gasteiger partial charge in [-0.05, 0) is 18.1 Å². The number of hydrogen-bond acceptors (Lipinski definition) is 7. The van der Waals surface area contributed by atoms with Crippen LogP contribution in [0.2, 0.25) is 0 Å². The highest BCUT2D eigenvalue weighted by Crippen LogP contribution is 2.08. The van der Waals surface area contributed by atoms with Crippen molar-refractivity contribution in [1.82, 2.24) is 16.0 Å². The van der Waals surface area contributed by atoms with Crippen LogP contribution in [0.3, 0.4) is 0 Å². The molecule has 0 aliphatic carbocycles. The van der Waals surface area contributed by atoms with Gasteiger partial charge in [-0.25, -0.2) is 4.79 Å². The number of carbonyl (C=O) groups excluding carboxylic acids is 4. The number of aliphatic hydroxyl groups excluding tert-OH is 1. The van der Waals surface area contributed by atoms with Crippen molar-refractivity contribution in [3.05, 3.63) is 71.8 Å². The summed E-state index contributed by atoms with van der Waals surface area (Å²) in [7, 11) is 0. The van der Waals surface area contributed by atoms with E-state index in [1.54, 1.807) is 60.7 Å². The van der Waals surface area contributed by atoms with E-state index in [-0.39, 0.29) is 12.8 Å². The number of rotatable bonds is 14. The average molecular weight is 528 g/mol. The van der Waals surface area contributed by atoms with Gasteiger partial charge < -0.3 is 37.6 Å². The van der Waals surface area contributed by atoms with Crippen LogP contribution >= 0.6 is 0 Å². The highest BCUT2D eigenvalue weighted by Gasteiger charge is 2.31. The van der Waals surface area contributed by atoms with Crippen molar-refractivity contribution in [2.45, 2.75) is 56.5 Å². The van der Waals surface area contributed by atoms with Crippen LogP contribution in [-0.4, -0.2) is 70.1 Å². The molecular formula is C26H33N5O7. The Balaban J connectivity index is 2.31. The molecule has 0 radical (unpaired) electrons. The van der Waals surface area contributed by atoms with Gasteiger partial charge in [0.1, 0.15) is 24.2 Å². The van der Waals surface area contributed by atoms with Crippen LogP contribution in [0.1, 0.15) is 24.5 Å². The highest BCUT2D eigenvalue weighted by atomic mass is 16.4. The summed E-state index contributed by atoms with van der Waals surface area (Å²) in [5.74, 6) is -4.77. The van der Waals surface area contributed by atoms with Gasteiger partial charge >= 0.3 is 5.97 Å². The number of primary amides is 1. The lowest BCUT2D eigenvalue weighted by Crippen LogP contribution is -2.59. The lowest BCUT2D eigenvalue weighted by molar-refractivity contribution is -0.143. The number of nitrogens with two attached hydrogens (primary N) is 2. The molecule has 5 unspecified atom stereocenters. The van der Waals surface area contributed by atoms with E-state index in [4.69, 9.17) is 11.5 Å². The van der Waals surface area contributed by atoms with E-state index in [1.165, 1.54) is 6.92 Å². The molecule has 5 atom stereocenters. The third-order valence-corrected chi connectivity index (χ3v) is 5.67. The average Bonchev–Trinajstić information content (AvgIpc) is 2.87. The van der Waals surface area contributed by atoms with Crippen LogP contribution in [0.4, 0.5) is 0 Å². The molecule has 0 bridgehead atoms. The van der Waals surface area contributed by atoms with Gasteiger partial charge in [-0.3, -0.25) is 19.2 Å². The van der Waals surface area contributed by atoms with Crippen LogP contribution < -0.4 is 27.4 Å². The number of hydrogen-bond donors (Lipinski definition) is 7. The molecule has 38 heavy (non-hydrogen) atoms. The van der Waals surface area contributed by atoms with E-state index in [0.717, 1.165) is 0 Å². The fourth-order valence-electron chi connectivity index (χ4n) is 3.55. The molecule has 0 fully saturated rings. The van der Waals surface area contributed by atoms with E-state index in [1.807, 2.05) is 0 Å². The lowest BCUT2D eigenvalue weighted by Gasteiger charge is -2.25. The minimum atomic E-state index is -1.60. The van der Waals surface area contributed by atoms with Crippen molar-refractivity contribution in [3.8, 4) is 0 Å². The van der Waals surface area contributed by atoms with Gasteiger partial charge in [-0.2, -0.15) is 0 Å². The predicted octanol–water partition coefficient (Wildman–Crippen LogP) is -1.41. The van der Waals surface area contributed by atoms with Gasteiger partial charge in [0.25, 0.3) is 0 Å². The zero-order valence-electron chi connectivity index (χ0n) is 20.9. The quantitative estimate of drug-likeness (QED) is 0.155. The van der Waals surface area contributed by atoms with Crippen molar-refractivity contribution in [1.29, 1.82) is 0 Å². The second kappa shape index (κ2) is 14.4. The Morgan fingerprint density at radius 1 is 0.737 bits per heavy atom. The van der Waals surface area contributed by atoms with Crippen molar-refractivity contribution in [2.75, 3.05) is 0 Å². The van der Waals surface area contributed by atoms with Gasteiger partial charge in [0.15, 0.2) is 0 Å². The first-order valence-corrected chi connectivity index (χ1v) is 11.9. The summed E-state index contributed by atoms with van der Waals surface area (Å²) >= 11 is 0. The molecule has 204 valence electrons. The summed E-state index contributed by atoms with van der Waals surface area (Å²) in [5, 5.41) is 26.4. The Bertz CT molecular complexity index is 1110. The number of aliphatic hydroxyl groups is 1. The molecule has 9 N–H and O–H groups in total. The molecule has 0 spiro atoms. The third-order valence-electron chi connectivity index (χ3n) is 5.67. The minimum Gasteiger partial charge on any atom is -0.480 e. The van der Waals surface area contributed by atoms with E-state index in [2.05, 4.69) is 16.0 Å². The monoisotopic (exact) mass is 527 g/mol. The first kappa shape index (κ1) is 29.9. The van der Waals surface area contributed by atoms with Crippen LogP contribution in [0, 0.1) is 0 Å². The van der Waals surface area contributed by atoms with E-state index in [9.17, 15) is 34.2 Å². The van der Waals surface area contributed by atoms with Gasteiger partial charge in [-0.1, -0.05) is 60.7 Å². The number of carboxylic acid groups (broad SMARTS) is 1.